The van der Waals surface area contributed by atoms with Gasteiger partial charge in [0.25, 0.3) is 0 Å². The molecule has 0 aromatic heterocycles. The predicted octanol–water partition coefficient (Wildman–Crippen LogP) is 4.68. The van der Waals surface area contributed by atoms with Gasteiger partial charge in [-0.15, -0.1) is 0 Å². The Hall–Kier alpha value is -2.48. The van der Waals surface area contributed by atoms with E-state index in [-0.39, 0.29) is 11.3 Å². The SMILES string of the molecule is Cc1cccc(Oc2ccc(C(F)(F)F)cc2C#N)c1. The standard InChI is InChI=1S/C15H10F3NO/c1-10-3-2-4-13(7-10)20-14-6-5-12(15(16,17)18)8-11(14)9-19/h2-8H,1H3. The molecule has 0 aliphatic rings. The van der Waals surface area contributed by atoms with Crippen LogP contribution >= 0.6 is 0 Å². The first-order valence-electron chi connectivity index (χ1n) is 5.76. The molecule has 102 valence electrons. The van der Waals surface area contributed by atoms with Crippen LogP contribution in [0.4, 0.5) is 13.2 Å². The average Bonchev–Trinajstić information content (AvgIpc) is 2.38. The number of hydrogen-bond donors (Lipinski definition) is 0. The lowest BCUT2D eigenvalue weighted by Crippen LogP contribution is -2.05. The molecule has 20 heavy (non-hydrogen) atoms. The molecule has 2 aromatic carbocycles. The minimum atomic E-state index is -4.48. The van der Waals surface area contributed by atoms with Crippen molar-refractivity contribution in [2.75, 3.05) is 0 Å². The molecule has 0 spiro atoms. The zero-order valence-corrected chi connectivity index (χ0v) is 10.5. The van der Waals surface area contributed by atoms with Crippen molar-refractivity contribution in [2.24, 2.45) is 0 Å². The molecule has 0 unspecified atom stereocenters. The third kappa shape index (κ3) is 3.09. The highest BCUT2D eigenvalue weighted by Crippen LogP contribution is 2.33. The highest BCUT2D eigenvalue weighted by atomic mass is 19.4. The fourth-order valence-corrected chi connectivity index (χ4v) is 1.69. The van der Waals surface area contributed by atoms with Crippen LogP contribution in [0.3, 0.4) is 0 Å². The van der Waals surface area contributed by atoms with E-state index in [2.05, 4.69) is 0 Å². The lowest BCUT2D eigenvalue weighted by molar-refractivity contribution is -0.137. The number of halogens is 3. The number of rotatable bonds is 2. The number of aryl methyl sites for hydroxylation is 1. The first kappa shape index (κ1) is 13.9. The number of nitrogens with zero attached hydrogens (tertiary/aromatic N) is 1. The quantitative estimate of drug-likeness (QED) is 0.798. The normalized spacial score (nSPS) is 10.9. The number of benzene rings is 2. The molecule has 2 aromatic rings. The van der Waals surface area contributed by atoms with Gasteiger partial charge in [0.15, 0.2) is 0 Å². The molecular weight excluding hydrogens is 267 g/mol. The van der Waals surface area contributed by atoms with E-state index in [0.29, 0.717) is 5.75 Å². The van der Waals surface area contributed by atoms with Crippen molar-refractivity contribution in [2.45, 2.75) is 13.1 Å². The van der Waals surface area contributed by atoms with E-state index in [0.717, 1.165) is 23.8 Å². The molecular formula is C15H10F3NO. The number of alkyl halides is 3. The topological polar surface area (TPSA) is 33.0 Å². The zero-order chi connectivity index (χ0) is 14.8. The fourth-order valence-electron chi connectivity index (χ4n) is 1.69. The maximum Gasteiger partial charge on any atom is 0.416 e. The summed E-state index contributed by atoms with van der Waals surface area (Å²) in [4.78, 5) is 0. The van der Waals surface area contributed by atoms with Crippen molar-refractivity contribution in [1.82, 2.24) is 0 Å². The summed E-state index contributed by atoms with van der Waals surface area (Å²) in [7, 11) is 0. The van der Waals surface area contributed by atoms with Gasteiger partial charge in [0.05, 0.1) is 11.1 Å². The van der Waals surface area contributed by atoms with Crippen LogP contribution in [-0.2, 0) is 6.18 Å². The van der Waals surface area contributed by atoms with Gasteiger partial charge in [-0.05, 0) is 42.8 Å². The van der Waals surface area contributed by atoms with Gasteiger partial charge in [-0.3, -0.25) is 0 Å². The highest BCUT2D eigenvalue weighted by Gasteiger charge is 2.31. The van der Waals surface area contributed by atoms with E-state index in [1.165, 1.54) is 0 Å². The maximum atomic E-state index is 12.6. The van der Waals surface area contributed by atoms with Gasteiger partial charge in [0, 0.05) is 0 Å². The Morgan fingerprint density at radius 2 is 1.85 bits per heavy atom. The van der Waals surface area contributed by atoms with Crippen molar-refractivity contribution in [3.8, 4) is 17.6 Å². The predicted molar refractivity (Wildman–Crippen MR) is 67.4 cm³/mol. The molecule has 0 bridgehead atoms. The summed E-state index contributed by atoms with van der Waals surface area (Å²) in [6.07, 6.45) is -4.48. The van der Waals surface area contributed by atoms with Gasteiger partial charge in [-0.1, -0.05) is 12.1 Å². The second-order valence-electron chi connectivity index (χ2n) is 4.24. The van der Waals surface area contributed by atoms with Gasteiger partial charge in [0.1, 0.15) is 17.6 Å². The Morgan fingerprint density at radius 1 is 1.10 bits per heavy atom. The fraction of sp³-hybridized carbons (Fsp3) is 0.133. The van der Waals surface area contributed by atoms with Crippen LogP contribution in [0.15, 0.2) is 42.5 Å². The van der Waals surface area contributed by atoms with Crippen LogP contribution in [0.2, 0.25) is 0 Å². The first-order chi connectivity index (χ1) is 9.40. The van der Waals surface area contributed by atoms with E-state index in [1.54, 1.807) is 24.3 Å². The smallest absolute Gasteiger partial charge is 0.416 e. The summed E-state index contributed by atoms with van der Waals surface area (Å²) in [5.41, 5.74) is -0.0695. The Morgan fingerprint density at radius 3 is 2.45 bits per heavy atom. The lowest BCUT2D eigenvalue weighted by atomic mass is 10.1. The summed E-state index contributed by atoms with van der Waals surface area (Å²) in [5.74, 6) is 0.576. The van der Waals surface area contributed by atoms with Gasteiger partial charge in [0.2, 0.25) is 0 Å². The van der Waals surface area contributed by atoms with Crippen molar-refractivity contribution < 1.29 is 17.9 Å². The number of nitriles is 1. The van der Waals surface area contributed by atoms with Crippen LogP contribution in [-0.4, -0.2) is 0 Å². The van der Waals surface area contributed by atoms with Crippen LogP contribution in [0.25, 0.3) is 0 Å². The van der Waals surface area contributed by atoms with Crippen LogP contribution in [0.1, 0.15) is 16.7 Å². The summed E-state index contributed by atoms with van der Waals surface area (Å²) < 4.78 is 43.2. The van der Waals surface area contributed by atoms with Crippen LogP contribution in [0.5, 0.6) is 11.5 Å². The van der Waals surface area contributed by atoms with Crippen LogP contribution in [0, 0.1) is 18.3 Å². The van der Waals surface area contributed by atoms with Crippen molar-refractivity contribution in [1.29, 1.82) is 5.26 Å². The maximum absolute atomic E-state index is 12.6. The molecule has 0 atom stereocenters. The van der Waals surface area contributed by atoms with E-state index >= 15 is 0 Å². The molecule has 0 aliphatic carbocycles. The molecule has 0 saturated carbocycles. The molecule has 0 fully saturated rings. The van der Waals surface area contributed by atoms with Gasteiger partial charge in [-0.2, -0.15) is 18.4 Å². The lowest BCUT2D eigenvalue weighted by Gasteiger charge is -2.11. The molecule has 5 heteroatoms. The molecule has 0 heterocycles. The molecule has 2 nitrogen and oxygen atoms in total. The zero-order valence-electron chi connectivity index (χ0n) is 10.5. The Kier molecular flexibility index (Phi) is 3.66. The van der Waals surface area contributed by atoms with Gasteiger partial charge in [-0.25, -0.2) is 0 Å². The van der Waals surface area contributed by atoms with E-state index in [4.69, 9.17) is 10.00 Å². The summed E-state index contributed by atoms with van der Waals surface area (Å²) in [6.45, 7) is 1.87. The summed E-state index contributed by atoms with van der Waals surface area (Å²) in [5, 5.41) is 8.94. The Labute approximate surface area is 114 Å². The van der Waals surface area contributed by atoms with Crippen molar-refractivity contribution in [3.05, 3.63) is 59.2 Å². The molecule has 0 amide bonds. The third-order valence-electron chi connectivity index (χ3n) is 2.64. The van der Waals surface area contributed by atoms with Crippen LogP contribution < -0.4 is 4.74 Å². The van der Waals surface area contributed by atoms with Crippen molar-refractivity contribution in [3.63, 3.8) is 0 Å². The molecule has 0 aliphatic heterocycles. The number of hydrogen-bond acceptors (Lipinski definition) is 2. The van der Waals surface area contributed by atoms with E-state index < -0.39 is 11.7 Å². The third-order valence-corrected chi connectivity index (χ3v) is 2.64. The Bertz CT molecular complexity index is 672. The summed E-state index contributed by atoms with van der Waals surface area (Å²) in [6, 6.07) is 11.6. The minimum Gasteiger partial charge on any atom is -0.456 e. The van der Waals surface area contributed by atoms with E-state index in [9.17, 15) is 13.2 Å². The minimum absolute atomic E-state index is 0.103. The molecule has 0 N–H and O–H groups in total. The second-order valence-corrected chi connectivity index (χ2v) is 4.24. The average molecular weight is 277 g/mol. The largest absolute Gasteiger partial charge is 0.456 e. The molecule has 0 radical (unpaired) electrons. The second kappa shape index (κ2) is 5.25. The molecule has 0 saturated heterocycles. The first-order valence-corrected chi connectivity index (χ1v) is 5.76. The Balaban J connectivity index is 2.36. The summed E-state index contributed by atoms with van der Waals surface area (Å²) >= 11 is 0. The van der Waals surface area contributed by atoms with Gasteiger partial charge >= 0.3 is 6.18 Å². The van der Waals surface area contributed by atoms with E-state index in [1.807, 2.05) is 13.0 Å². The monoisotopic (exact) mass is 277 g/mol. The molecule has 2 rings (SSSR count). The number of ether oxygens (including phenoxy) is 1. The highest BCUT2D eigenvalue weighted by molar-refractivity contribution is 5.48. The van der Waals surface area contributed by atoms with Gasteiger partial charge < -0.3 is 4.74 Å². The van der Waals surface area contributed by atoms with Crippen molar-refractivity contribution >= 4 is 0 Å².